The van der Waals surface area contributed by atoms with Gasteiger partial charge in [-0.15, -0.1) is 0 Å². The summed E-state index contributed by atoms with van der Waals surface area (Å²) < 4.78 is 13.9. The molecule has 2 aliphatic rings. The molecule has 2 aliphatic carbocycles. The van der Waals surface area contributed by atoms with E-state index in [0.717, 1.165) is 29.5 Å². The fraction of sp³-hybridized carbons (Fsp3) is 0.438. The maximum Gasteiger partial charge on any atom is 0.228 e. The number of carbonyl (C=O) groups is 1. The van der Waals surface area contributed by atoms with Crippen LogP contribution in [0.2, 0.25) is 0 Å². The number of hydrogen-bond donors (Lipinski definition) is 1. The molecule has 1 amide bonds. The number of rotatable bonds is 3. The van der Waals surface area contributed by atoms with Gasteiger partial charge in [0, 0.05) is 0 Å². The van der Waals surface area contributed by atoms with Crippen LogP contribution in [0.1, 0.15) is 43.4 Å². The number of primary amides is 1. The third kappa shape index (κ3) is 1.71. The Labute approximate surface area is 112 Å². The predicted octanol–water partition coefficient (Wildman–Crippen LogP) is 2.94. The molecule has 0 radical (unpaired) electrons. The number of benzene rings is 1. The molecule has 3 heteroatoms. The minimum Gasteiger partial charge on any atom is -0.369 e. The molecule has 100 valence electrons. The van der Waals surface area contributed by atoms with Crippen LogP contribution in [0, 0.1) is 11.7 Å². The van der Waals surface area contributed by atoms with Crippen LogP contribution in [0.3, 0.4) is 0 Å². The van der Waals surface area contributed by atoms with E-state index >= 15 is 0 Å². The Morgan fingerprint density at radius 2 is 2.11 bits per heavy atom. The van der Waals surface area contributed by atoms with Gasteiger partial charge in [-0.1, -0.05) is 17.7 Å². The number of fused-ring (bicyclic) bond motifs is 1. The SMILES string of the molecule is CC1=Cc2c(C(C)(C(N)=O)C3CC3)ccc(F)c2C1. The fourth-order valence-corrected chi connectivity index (χ4v) is 3.23. The van der Waals surface area contributed by atoms with Crippen LogP contribution in [-0.4, -0.2) is 5.91 Å². The van der Waals surface area contributed by atoms with Crippen LogP contribution in [0.5, 0.6) is 0 Å². The summed E-state index contributed by atoms with van der Waals surface area (Å²) >= 11 is 0. The minimum absolute atomic E-state index is 0.186. The van der Waals surface area contributed by atoms with Crippen LogP contribution in [0.4, 0.5) is 4.39 Å². The quantitative estimate of drug-likeness (QED) is 0.891. The van der Waals surface area contributed by atoms with Gasteiger partial charge in [0.1, 0.15) is 5.82 Å². The van der Waals surface area contributed by atoms with Crippen LogP contribution in [0.15, 0.2) is 17.7 Å². The van der Waals surface area contributed by atoms with E-state index in [0.29, 0.717) is 17.9 Å². The van der Waals surface area contributed by atoms with Crippen molar-refractivity contribution in [1.29, 1.82) is 0 Å². The second-order valence-corrected chi connectivity index (χ2v) is 6.00. The van der Waals surface area contributed by atoms with Gasteiger partial charge in [0.2, 0.25) is 5.91 Å². The van der Waals surface area contributed by atoms with Crippen molar-refractivity contribution in [2.24, 2.45) is 11.7 Å². The Hall–Kier alpha value is -1.64. The average Bonchev–Trinajstić information content (AvgIpc) is 3.11. The summed E-state index contributed by atoms with van der Waals surface area (Å²) in [6.07, 6.45) is 4.68. The number of carbonyl (C=O) groups excluding carboxylic acids is 1. The van der Waals surface area contributed by atoms with Crippen molar-refractivity contribution in [3.63, 3.8) is 0 Å². The zero-order valence-corrected chi connectivity index (χ0v) is 11.3. The predicted molar refractivity (Wildman–Crippen MR) is 73.0 cm³/mol. The highest BCUT2D eigenvalue weighted by molar-refractivity contribution is 5.89. The molecule has 0 bridgehead atoms. The van der Waals surface area contributed by atoms with Crippen LogP contribution in [-0.2, 0) is 16.6 Å². The van der Waals surface area contributed by atoms with Crippen LogP contribution in [0.25, 0.3) is 6.08 Å². The Morgan fingerprint density at radius 3 is 2.68 bits per heavy atom. The minimum atomic E-state index is -0.668. The van der Waals surface area contributed by atoms with Gasteiger partial charge in [0.05, 0.1) is 5.41 Å². The molecule has 1 atom stereocenters. The molecular weight excluding hydrogens is 241 g/mol. The van der Waals surface area contributed by atoms with Gasteiger partial charge in [-0.05, 0) is 61.8 Å². The van der Waals surface area contributed by atoms with E-state index in [1.54, 1.807) is 6.07 Å². The highest BCUT2D eigenvalue weighted by atomic mass is 19.1. The van der Waals surface area contributed by atoms with Crippen molar-refractivity contribution in [2.45, 2.75) is 38.5 Å². The van der Waals surface area contributed by atoms with E-state index in [1.807, 2.05) is 19.9 Å². The summed E-state index contributed by atoms with van der Waals surface area (Å²) in [5.41, 5.74) is 8.61. The monoisotopic (exact) mass is 259 g/mol. The topological polar surface area (TPSA) is 43.1 Å². The van der Waals surface area contributed by atoms with Gasteiger partial charge in [-0.25, -0.2) is 4.39 Å². The zero-order valence-electron chi connectivity index (χ0n) is 11.3. The molecule has 1 aromatic rings. The Kier molecular flexibility index (Phi) is 2.56. The number of allylic oxidation sites excluding steroid dienone is 1. The molecule has 0 aliphatic heterocycles. The first-order valence-electron chi connectivity index (χ1n) is 6.73. The maximum absolute atomic E-state index is 13.9. The number of halogens is 1. The molecule has 2 nitrogen and oxygen atoms in total. The molecule has 0 heterocycles. The first-order valence-corrected chi connectivity index (χ1v) is 6.73. The van der Waals surface area contributed by atoms with Crippen molar-refractivity contribution >= 4 is 12.0 Å². The fourth-order valence-electron chi connectivity index (χ4n) is 3.23. The highest BCUT2D eigenvalue weighted by Crippen LogP contribution is 2.49. The van der Waals surface area contributed by atoms with Crippen molar-refractivity contribution in [3.8, 4) is 0 Å². The number of nitrogens with two attached hydrogens (primary N) is 1. The summed E-state index contributed by atoms with van der Waals surface area (Å²) in [5.74, 6) is -0.190. The van der Waals surface area contributed by atoms with E-state index < -0.39 is 5.41 Å². The Balaban J connectivity index is 2.21. The lowest BCUT2D eigenvalue weighted by molar-refractivity contribution is -0.123. The second-order valence-electron chi connectivity index (χ2n) is 6.00. The smallest absolute Gasteiger partial charge is 0.228 e. The van der Waals surface area contributed by atoms with Gasteiger partial charge >= 0.3 is 0 Å². The second kappa shape index (κ2) is 3.92. The molecule has 0 aromatic heterocycles. The lowest BCUT2D eigenvalue weighted by Gasteiger charge is -2.28. The third-order valence-electron chi connectivity index (χ3n) is 4.61. The van der Waals surface area contributed by atoms with E-state index in [2.05, 4.69) is 0 Å². The standard InChI is InChI=1S/C16H18FNO/c1-9-7-11-12(8-9)14(17)6-5-13(11)16(2,15(18)19)10-3-4-10/h5-7,10H,3-4,8H2,1-2H3,(H2,18,19). The van der Waals surface area contributed by atoms with Gasteiger partial charge in [0.15, 0.2) is 0 Å². The molecule has 0 spiro atoms. The first-order chi connectivity index (χ1) is 8.94. The first kappa shape index (κ1) is 12.4. The molecule has 1 fully saturated rings. The third-order valence-corrected chi connectivity index (χ3v) is 4.61. The maximum atomic E-state index is 13.9. The number of hydrogen-bond acceptors (Lipinski definition) is 1. The van der Waals surface area contributed by atoms with Gasteiger partial charge in [-0.3, -0.25) is 4.79 Å². The molecule has 1 unspecified atom stereocenters. The van der Waals surface area contributed by atoms with Crippen LogP contribution >= 0.6 is 0 Å². The largest absolute Gasteiger partial charge is 0.369 e. The normalized spacial score (nSPS) is 20.7. The van der Waals surface area contributed by atoms with Crippen molar-refractivity contribution < 1.29 is 9.18 Å². The summed E-state index contributed by atoms with van der Waals surface area (Å²) in [6, 6.07) is 3.22. The van der Waals surface area contributed by atoms with Gasteiger partial charge in [-0.2, -0.15) is 0 Å². The molecule has 0 saturated heterocycles. The van der Waals surface area contributed by atoms with Crippen LogP contribution < -0.4 is 5.73 Å². The molecule has 2 N–H and O–H groups in total. The summed E-state index contributed by atoms with van der Waals surface area (Å²) in [4.78, 5) is 12.0. The van der Waals surface area contributed by atoms with Crippen molar-refractivity contribution in [3.05, 3.63) is 40.2 Å². The Morgan fingerprint density at radius 1 is 1.42 bits per heavy atom. The molecule has 1 aromatic carbocycles. The van der Waals surface area contributed by atoms with E-state index in [9.17, 15) is 9.18 Å². The van der Waals surface area contributed by atoms with Gasteiger partial charge < -0.3 is 5.73 Å². The molecular formula is C16H18FNO. The lowest BCUT2D eigenvalue weighted by Crippen LogP contribution is -2.41. The van der Waals surface area contributed by atoms with Crippen molar-refractivity contribution in [1.82, 2.24) is 0 Å². The Bertz CT molecular complexity index is 601. The van der Waals surface area contributed by atoms with Gasteiger partial charge in [0.25, 0.3) is 0 Å². The molecule has 1 saturated carbocycles. The lowest BCUT2D eigenvalue weighted by atomic mass is 9.74. The molecule has 19 heavy (non-hydrogen) atoms. The van der Waals surface area contributed by atoms with E-state index in [-0.39, 0.29) is 11.7 Å². The highest BCUT2D eigenvalue weighted by Gasteiger charge is 2.48. The zero-order chi connectivity index (χ0) is 13.8. The molecule has 3 rings (SSSR count). The summed E-state index contributed by atoms with van der Waals surface area (Å²) in [7, 11) is 0. The summed E-state index contributed by atoms with van der Waals surface area (Å²) in [5, 5.41) is 0. The van der Waals surface area contributed by atoms with E-state index in [4.69, 9.17) is 5.73 Å². The number of amides is 1. The summed E-state index contributed by atoms with van der Waals surface area (Å²) in [6.45, 7) is 3.89. The average molecular weight is 259 g/mol. The van der Waals surface area contributed by atoms with Crippen molar-refractivity contribution in [2.75, 3.05) is 0 Å². The van der Waals surface area contributed by atoms with E-state index in [1.165, 1.54) is 6.07 Å².